The Balaban J connectivity index is 1.38. The lowest BCUT2D eigenvalue weighted by Crippen LogP contribution is -2.34. The van der Waals surface area contributed by atoms with Crippen molar-refractivity contribution in [2.45, 2.75) is 39.2 Å². The van der Waals surface area contributed by atoms with Crippen LogP contribution >= 0.6 is 0 Å². The Hall–Kier alpha value is -3.15. The third-order valence-corrected chi connectivity index (χ3v) is 4.95. The molecule has 0 saturated carbocycles. The van der Waals surface area contributed by atoms with Crippen LogP contribution < -0.4 is 10.1 Å². The lowest BCUT2D eigenvalue weighted by molar-refractivity contribution is 0.0928. The summed E-state index contributed by atoms with van der Waals surface area (Å²) in [6.07, 6.45) is 2.55. The maximum absolute atomic E-state index is 12.3. The number of carbonyl (C=O) groups excluding carboxylic acids is 1. The van der Waals surface area contributed by atoms with E-state index in [9.17, 15) is 4.79 Å². The van der Waals surface area contributed by atoms with Crippen molar-refractivity contribution in [3.05, 3.63) is 65.1 Å². The highest BCUT2D eigenvalue weighted by Gasteiger charge is 2.24. The molecule has 1 aliphatic rings. The van der Waals surface area contributed by atoms with Gasteiger partial charge in [0, 0.05) is 23.9 Å². The van der Waals surface area contributed by atoms with E-state index in [1.165, 1.54) is 0 Å². The highest BCUT2D eigenvalue weighted by Crippen LogP contribution is 2.32. The van der Waals surface area contributed by atoms with Gasteiger partial charge < -0.3 is 10.1 Å². The molecule has 0 fully saturated rings. The van der Waals surface area contributed by atoms with Gasteiger partial charge in [-0.15, -0.1) is 0 Å². The largest absolute Gasteiger partial charge is 0.488 e. The van der Waals surface area contributed by atoms with Crippen molar-refractivity contribution in [2.75, 3.05) is 6.54 Å². The van der Waals surface area contributed by atoms with Crippen LogP contribution in [0.4, 0.5) is 0 Å². The molecule has 0 aliphatic carbocycles. The summed E-state index contributed by atoms with van der Waals surface area (Å²) in [4.78, 5) is 16.8. The number of fused-ring (bicyclic) bond motifs is 1. The van der Waals surface area contributed by atoms with E-state index >= 15 is 0 Å². The zero-order chi connectivity index (χ0) is 19.7. The number of pyridine rings is 1. The number of nitrogens with one attached hydrogen (secondary N) is 2. The standard InChI is InChI=1S/C22H24N4O2/c1-13(2)19-10-20(26-25-19)22(27)24-12-17-9-16-8-15(5-7-21(16)28-17)18-6-4-14(3)11-23-18/h4-8,10-11,13,17H,9,12H2,1-3H3,(H,24,27)(H,25,26). The van der Waals surface area contributed by atoms with Crippen LogP contribution in [0.15, 0.2) is 42.6 Å². The molecule has 0 spiro atoms. The molecule has 0 radical (unpaired) electrons. The Morgan fingerprint density at radius 3 is 2.86 bits per heavy atom. The van der Waals surface area contributed by atoms with Gasteiger partial charge in [-0.1, -0.05) is 19.9 Å². The molecule has 1 amide bonds. The maximum atomic E-state index is 12.3. The molecule has 144 valence electrons. The van der Waals surface area contributed by atoms with E-state index in [-0.39, 0.29) is 12.0 Å². The number of carbonyl (C=O) groups is 1. The Bertz CT molecular complexity index is 992. The van der Waals surface area contributed by atoms with Crippen LogP contribution in [0.5, 0.6) is 5.75 Å². The minimum atomic E-state index is -0.188. The smallest absolute Gasteiger partial charge is 0.271 e. The van der Waals surface area contributed by atoms with E-state index in [2.05, 4.69) is 46.5 Å². The third kappa shape index (κ3) is 3.76. The van der Waals surface area contributed by atoms with Gasteiger partial charge in [0.05, 0.1) is 12.2 Å². The van der Waals surface area contributed by atoms with Crippen molar-refractivity contribution in [1.29, 1.82) is 0 Å². The second kappa shape index (κ2) is 7.46. The molecular formula is C22H24N4O2. The molecule has 0 bridgehead atoms. The SMILES string of the molecule is Cc1ccc(-c2ccc3c(c2)CC(CNC(=O)c2cc(C(C)C)[nH]n2)O3)nc1. The predicted molar refractivity (Wildman–Crippen MR) is 108 cm³/mol. The van der Waals surface area contributed by atoms with Crippen LogP contribution in [0.1, 0.15) is 47.1 Å². The van der Waals surface area contributed by atoms with E-state index in [1.807, 2.05) is 31.3 Å². The number of aromatic nitrogens is 3. The molecule has 1 aliphatic heterocycles. The lowest BCUT2D eigenvalue weighted by Gasteiger charge is -2.11. The van der Waals surface area contributed by atoms with Crippen molar-refractivity contribution in [1.82, 2.24) is 20.5 Å². The number of H-pyrrole nitrogens is 1. The molecule has 3 aromatic rings. The summed E-state index contributed by atoms with van der Waals surface area (Å²) in [5, 5.41) is 9.92. The summed E-state index contributed by atoms with van der Waals surface area (Å²) in [6, 6.07) is 12.0. The van der Waals surface area contributed by atoms with Gasteiger partial charge >= 0.3 is 0 Å². The first-order valence-corrected chi connectivity index (χ1v) is 9.55. The number of aromatic amines is 1. The molecule has 1 unspecified atom stereocenters. The Morgan fingerprint density at radius 1 is 1.29 bits per heavy atom. The van der Waals surface area contributed by atoms with Crippen molar-refractivity contribution < 1.29 is 9.53 Å². The second-order valence-corrected chi connectivity index (χ2v) is 7.56. The van der Waals surface area contributed by atoms with Gasteiger partial charge in [0.2, 0.25) is 0 Å². The summed E-state index contributed by atoms with van der Waals surface area (Å²) in [7, 11) is 0. The van der Waals surface area contributed by atoms with Crippen molar-refractivity contribution in [3.8, 4) is 17.0 Å². The first kappa shape index (κ1) is 18.2. The number of ether oxygens (including phenoxy) is 1. The molecule has 1 aromatic carbocycles. The molecule has 0 saturated heterocycles. The van der Waals surface area contributed by atoms with Gasteiger partial charge in [0.15, 0.2) is 0 Å². The minimum absolute atomic E-state index is 0.0799. The number of aryl methyl sites for hydroxylation is 1. The lowest BCUT2D eigenvalue weighted by atomic mass is 10.0. The predicted octanol–water partition coefficient (Wildman–Crippen LogP) is 3.64. The average molecular weight is 376 g/mol. The fourth-order valence-electron chi connectivity index (χ4n) is 3.28. The fourth-order valence-corrected chi connectivity index (χ4v) is 3.28. The number of benzene rings is 1. The molecule has 4 rings (SSSR count). The van der Waals surface area contributed by atoms with E-state index in [4.69, 9.17) is 4.74 Å². The third-order valence-electron chi connectivity index (χ3n) is 4.95. The topological polar surface area (TPSA) is 79.9 Å². The number of nitrogens with zero attached hydrogens (tertiary/aromatic N) is 2. The van der Waals surface area contributed by atoms with E-state index in [0.717, 1.165) is 40.2 Å². The van der Waals surface area contributed by atoms with Crippen molar-refractivity contribution in [3.63, 3.8) is 0 Å². The molecule has 3 heterocycles. The number of amides is 1. The maximum Gasteiger partial charge on any atom is 0.271 e. The summed E-state index contributed by atoms with van der Waals surface area (Å²) >= 11 is 0. The quantitative estimate of drug-likeness (QED) is 0.712. The molecule has 28 heavy (non-hydrogen) atoms. The zero-order valence-electron chi connectivity index (χ0n) is 16.3. The number of hydrogen-bond acceptors (Lipinski definition) is 4. The number of hydrogen-bond donors (Lipinski definition) is 2. The van der Waals surface area contributed by atoms with Crippen LogP contribution in [0, 0.1) is 6.92 Å². The van der Waals surface area contributed by atoms with Gasteiger partial charge in [-0.2, -0.15) is 5.10 Å². The van der Waals surface area contributed by atoms with Crippen LogP contribution in [-0.2, 0) is 6.42 Å². The second-order valence-electron chi connectivity index (χ2n) is 7.56. The van der Waals surface area contributed by atoms with E-state index in [0.29, 0.717) is 18.2 Å². The monoisotopic (exact) mass is 376 g/mol. The molecule has 1 atom stereocenters. The van der Waals surface area contributed by atoms with Crippen LogP contribution in [-0.4, -0.2) is 33.7 Å². The Labute approximate surface area is 164 Å². The van der Waals surface area contributed by atoms with Crippen LogP contribution in [0.25, 0.3) is 11.3 Å². The molecule has 2 aromatic heterocycles. The summed E-state index contributed by atoms with van der Waals surface area (Å²) in [5.74, 6) is 0.989. The summed E-state index contributed by atoms with van der Waals surface area (Å²) in [6.45, 7) is 6.58. The van der Waals surface area contributed by atoms with Crippen LogP contribution in [0.3, 0.4) is 0 Å². The Morgan fingerprint density at radius 2 is 2.14 bits per heavy atom. The normalized spacial score (nSPS) is 15.4. The molecule has 2 N–H and O–H groups in total. The van der Waals surface area contributed by atoms with Gasteiger partial charge in [0.1, 0.15) is 17.5 Å². The van der Waals surface area contributed by atoms with Gasteiger partial charge in [-0.05, 0) is 54.3 Å². The molecular weight excluding hydrogens is 352 g/mol. The van der Waals surface area contributed by atoms with Gasteiger partial charge in [-0.25, -0.2) is 0 Å². The highest BCUT2D eigenvalue weighted by molar-refractivity contribution is 5.92. The molecule has 6 heteroatoms. The number of rotatable bonds is 5. The summed E-state index contributed by atoms with van der Waals surface area (Å²) in [5.41, 5.74) is 5.66. The van der Waals surface area contributed by atoms with Crippen molar-refractivity contribution >= 4 is 5.91 Å². The minimum Gasteiger partial charge on any atom is -0.488 e. The Kier molecular flexibility index (Phi) is 4.86. The van der Waals surface area contributed by atoms with Crippen molar-refractivity contribution in [2.24, 2.45) is 0 Å². The average Bonchev–Trinajstić information content (AvgIpc) is 3.33. The fraction of sp³-hybridized carbons (Fsp3) is 0.318. The van der Waals surface area contributed by atoms with Crippen LogP contribution in [0.2, 0.25) is 0 Å². The van der Waals surface area contributed by atoms with E-state index < -0.39 is 0 Å². The van der Waals surface area contributed by atoms with Gasteiger partial charge in [0.25, 0.3) is 5.91 Å². The highest BCUT2D eigenvalue weighted by atomic mass is 16.5. The summed E-state index contributed by atoms with van der Waals surface area (Å²) < 4.78 is 5.98. The first-order chi connectivity index (χ1) is 13.5. The van der Waals surface area contributed by atoms with E-state index in [1.54, 1.807) is 6.07 Å². The first-order valence-electron chi connectivity index (χ1n) is 9.55. The molecule has 6 nitrogen and oxygen atoms in total. The zero-order valence-corrected chi connectivity index (χ0v) is 16.3. The van der Waals surface area contributed by atoms with Gasteiger partial charge in [-0.3, -0.25) is 14.9 Å².